The average Bonchev–Trinajstić information content (AvgIpc) is 2.91. The van der Waals surface area contributed by atoms with Gasteiger partial charge in [-0.3, -0.25) is 4.79 Å². The number of amides is 1. The average molecular weight is 268 g/mol. The number of nitrogens with one attached hydrogen (secondary N) is 1. The summed E-state index contributed by atoms with van der Waals surface area (Å²) < 4.78 is 5.34. The molecule has 1 saturated carbocycles. The second-order valence-corrected chi connectivity index (χ2v) is 6.28. The predicted molar refractivity (Wildman–Crippen MR) is 75.7 cm³/mol. The van der Waals surface area contributed by atoms with Crippen LogP contribution >= 0.6 is 0 Å². The normalized spacial score (nSPS) is 33.1. The highest BCUT2D eigenvalue weighted by atomic mass is 16.5. The molecular formula is C15H28N2O2. The van der Waals surface area contributed by atoms with Crippen LogP contribution in [-0.2, 0) is 9.53 Å². The number of carbonyl (C=O) groups is 1. The second-order valence-electron chi connectivity index (χ2n) is 6.28. The van der Waals surface area contributed by atoms with E-state index in [4.69, 9.17) is 10.5 Å². The summed E-state index contributed by atoms with van der Waals surface area (Å²) in [4.78, 5) is 12.1. The molecule has 0 aromatic carbocycles. The molecule has 0 radical (unpaired) electrons. The van der Waals surface area contributed by atoms with E-state index in [2.05, 4.69) is 12.2 Å². The van der Waals surface area contributed by atoms with Gasteiger partial charge in [0.1, 0.15) is 0 Å². The summed E-state index contributed by atoms with van der Waals surface area (Å²) in [6.45, 7) is 4.59. The van der Waals surface area contributed by atoms with Crippen LogP contribution in [0.25, 0.3) is 0 Å². The summed E-state index contributed by atoms with van der Waals surface area (Å²) in [5, 5.41) is 3.09. The Morgan fingerprint density at radius 3 is 2.95 bits per heavy atom. The molecular weight excluding hydrogens is 240 g/mol. The van der Waals surface area contributed by atoms with Crippen molar-refractivity contribution >= 4 is 5.91 Å². The summed E-state index contributed by atoms with van der Waals surface area (Å²) in [6.07, 6.45) is 6.63. The van der Waals surface area contributed by atoms with Gasteiger partial charge in [0.05, 0.1) is 0 Å². The van der Waals surface area contributed by atoms with Gasteiger partial charge in [-0.15, -0.1) is 0 Å². The minimum atomic E-state index is 0.103. The second kappa shape index (κ2) is 7.25. The number of rotatable bonds is 5. The molecule has 1 amide bonds. The third-order valence-corrected chi connectivity index (χ3v) is 4.75. The topological polar surface area (TPSA) is 64.3 Å². The molecule has 2 rings (SSSR count). The van der Waals surface area contributed by atoms with E-state index in [1.54, 1.807) is 0 Å². The lowest BCUT2D eigenvalue weighted by molar-refractivity contribution is -0.126. The van der Waals surface area contributed by atoms with E-state index in [1.165, 1.54) is 6.42 Å². The van der Waals surface area contributed by atoms with E-state index >= 15 is 0 Å². The Morgan fingerprint density at radius 2 is 2.26 bits per heavy atom. The third-order valence-electron chi connectivity index (χ3n) is 4.75. The van der Waals surface area contributed by atoms with Gasteiger partial charge in [0.15, 0.2) is 0 Å². The van der Waals surface area contributed by atoms with E-state index in [0.717, 1.165) is 51.9 Å². The monoisotopic (exact) mass is 268 g/mol. The van der Waals surface area contributed by atoms with E-state index in [-0.39, 0.29) is 11.8 Å². The van der Waals surface area contributed by atoms with Gasteiger partial charge in [-0.2, -0.15) is 0 Å². The van der Waals surface area contributed by atoms with Crippen LogP contribution in [0.1, 0.15) is 45.4 Å². The molecule has 1 heterocycles. The summed E-state index contributed by atoms with van der Waals surface area (Å²) in [5.41, 5.74) is 6.00. The lowest BCUT2D eigenvalue weighted by Crippen LogP contribution is -2.38. The van der Waals surface area contributed by atoms with E-state index in [9.17, 15) is 4.79 Å². The first-order valence-corrected chi connectivity index (χ1v) is 7.78. The fourth-order valence-corrected chi connectivity index (χ4v) is 3.31. The predicted octanol–water partition coefficient (Wildman–Crippen LogP) is 1.68. The molecule has 110 valence electrons. The zero-order chi connectivity index (χ0) is 13.7. The van der Waals surface area contributed by atoms with E-state index in [0.29, 0.717) is 17.9 Å². The fourth-order valence-electron chi connectivity index (χ4n) is 3.31. The molecule has 1 aliphatic carbocycles. The van der Waals surface area contributed by atoms with Gasteiger partial charge >= 0.3 is 0 Å². The van der Waals surface area contributed by atoms with Crippen molar-refractivity contribution in [3.63, 3.8) is 0 Å². The zero-order valence-electron chi connectivity index (χ0n) is 12.1. The van der Waals surface area contributed by atoms with Gasteiger partial charge in [0.2, 0.25) is 5.91 Å². The first-order chi connectivity index (χ1) is 9.16. The van der Waals surface area contributed by atoms with Crippen LogP contribution in [0.5, 0.6) is 0 Å². The minimum absolute atomic E-state index is 0.103. The van der Waals surface area contributed by atoms with Crippen molar-refractivity contribution in [3.05, 3.63) is 0 Å². The summed E-state index contributed by atoms with van der Waals surface area (Å²) in [5.74, 6) is 1.42. The summed E-state index contributed by atoms with van der Waals surface area (Å²) in [6, 6.07) is 0.296. The van der Waals surface area contributed by atoms with Gasteiger partial charge < -0.3 is 15.8 Å². The van der Waals surface area contributed by atoms with Gasteiger partial charge in [0, 0.05) is 31.7 Å². The number of hydrogen-bond acceptors (Lipinski definition) is 3. The molecule has 4 nitrogen and oxygen atoms in total. The van der Waals surface area contributed by atoms with Gasteiger partial charge in [-0.05, 0) is 43.9 Å². The molecule has 0 spiro atoms. The molecule has 2 fully saturated rings. The molecule has 4 heteroatoms. The molecule has 4 atom stereocenters. The van der Waals surface area contributed by atoms with Crippen LogP contribution < -0.4 is 11.1 Å². The van der Waals surface area contributed by atoms with Crippen molar-refractivity contribution in [2.24, 2.45) is 23.5 Å². The first kappa shape index (κ1) is 14.8. The van der Waals surface area contributed by atoms with Gasteiger partial charge in [0.25, 0.3) is 0 Å². The zero-order valence-corrected chi connectivity index (χ0v) is 12.1. The van der Waals surface area contributed by atoms with E-state index in [1.807, 2.05) is 0 Å². The molecule has 3 N–H and O–H groups in total. The van der Waals surface area contributed by atoms with Gasteiger partial charge in [-0.25, -0.2) is 0 Å². The Kier molecular flexibility index (Phi) is 5.64. The van der Waals surface area contributed by atoms with Crippen LogP contribution in [0.2, 0.25) is 0 Å². The Hall–Kier alpha value is -0.610. The van der Waals surface area contributed by atoms with Crippen molar-refractivity contribution < 1.29 is 9.53 Å². The van der Waals surface area contributed by atoms with Crippen molar-refractivity contribution in [1.29, 1.82) is 0 Å². The Labute approximate surface area is 116 Å². The maximum atomic E-state index is 12.1. The van der Waals surface area contributed by atoms with Crippen LogP contribution in [0.15, 0.2) is 0 Å². The Bertz CT molecular complexity index is 290. The van der Waals surface area contributed by atoms with Crippen molar-refractivity contribution in [1.82, 2.24) is 5.32 Å². The van der Waals surface area contributed by atoms with E-state index < -0.39 is 0 Å². The lowest BCUT2D eigenvalue weighted by Gasteiger charge is -2.30. The first-order valence-electron chi connectivity index (χ1n) is 7.78. The standard InChI is InChI=1S/C15H28N2O2/c1-11(13-3-2-4-14(16)9-13)15(18)17-7-5-12-6-8-19-10-12/h11-14H,2-10,16H2,1H3,(H,17,18). The Balaban J connectivity index is 1.66. The van der Waals surface area contributed by atoms with Crippen molar-refractivity contribution in [3.8, 4) is 0 Å². The number of ether oxygens (including phenoxy) is 1. The molecule has 2 aliphatic rings. The molecule has 4 unspecified atom stereocenters. The molecule has 1 saturated heterocycles. The molecule has 0 aromatic heterocycles. The molecule has 0 aromatic rings. The molecule has 0 bridgehead atoms. The maximum absolute atomic E-state index is 12.1. The third kappa shape index (κ3) is 4.46. The molecule has 1 aliphatic heterocycles. The molecule has 19 heavy (non-hydrogen) atoms. The highest BCUT2D eigenvalue weighted by molar-refractivity contribution is 5.78. The summed E-state index contributed by atoms with van der Waals surface area (Å²) >= 11 is 0. The van der Waals surface area contributed by atoms with Crippen molar-refractivity contribution in [2.75, 3.05) is 19.8 Å². The SMILES string of the molecule is CC(C(=O)NCCC1CCOC1)C1CCCC(N)C1. The van der Waals surface area contributed by atoms with Crippen LogP contribution in [0.4, 0.5) is 0 Å². The highest BCUT2D eigenvalue weighted by Crippen LogP contribution is 2.29. The van der Waals surface area contributed by atoms with Crippen LogP contribution in [-0.4, -0.2) is 31.7 Å². The largest absolute Gasteiger partial charge is 0.381 e. The Morgan fingerprint density at radius 1 is 1.42 bits per heavy atom. The minimum Gasteiger partial charge on any atom is -0.381 e. The van der Waals surface area contributed by atoms with Crippen LogP contribution in [0, 0.1) is 17.8 Å². The van der Waals surface area contributed by atoms with Crippen molar-refractivity contribution in [2.45, 2.75) is 51.5 Å². The number of carbonyl (C=O) groups excluding carboxylic acids is 1. The van der Waals surface area contributed by atoms with Crippen LogP contribution in [0.3, 0.4) is 0 Å². The smallest absolute Gasteiger partial charge is 0.223 e. The highest BCUT2D eigenvalue weighted by Gasteiger charge is 2.28. The fraction of sp³-hybridized carbons (Fsp3) is 0.933. The summed E-state index contributed by atoms with van der Waals surface area (Å²) in [7, 11) is 0. The quantitative estimate of drug-likeness (QED) is 0.797. The number of nitrogens with two attached hydrogens (primary N) is 1. The maximum Gasteiger partial charge on any atom is 0.223 e. The lowest BCUT2D eigenvalue weighted by atomic mass is 9.78. The van der Waals surface area contributed by atoms with Gasteiger partial charge in [-0.1, -0.05) is 13.3 Å². The number of hydrogen-bond donors (Lipinski definition) is 2.